The first-order chi connectivity index (χ1) is 12.6. The van der Waals surface area contributed by atoms with Crippen molar-refractivity contribution in [3.8, 4) is 10.4 Å². The van der Waals surface area contributed by atoms with Gasteiger partial charge in [-0.25, -0.2) is 0 Å². The van der Waals surface area contributed by atoms with Crippen molar-refractivity contribution >= 4 is 17.2 Å². The topological polar surface area (TPSA) is 46.9 Å². The quantitative estimate of drug-likeness (QED) is 0.691. The molecule has 0 spiro atoms. The van der Waals surface area contributed by atoms with Crippen molar-refractivity contribution in [3.63, 3.8) is 0 Å². The lowest BCUT2D eigenvalue weighted by Crippen LogP contribution is -2.24. The van der Waals surface area contributed by atoms with Crippen molar-refractivity contribution in [2.75, 3.05) is 6.54 Å². The molecule has 0 atom stereocenters. The second-order valence-corrected chi connectivity index (χ2v) is 7.93. The Kier molecular flexibility index (Phi) is 4.64. The van der Waals surface area contributed by atoms with Crippen LogP contribution in [0.25, 0.3) is 10.4 Å². The number of benzene rings is 1. The third-order valence-electron chi connectivity index (χ3n) is 4.89. The lowest BCUT2D eigenvalue weighted by molar-refractivity contribution is 0.0956. The molecule has 2 heterocycles. The van der Waals surface area contributed by atoms with Crippen LogP contribution in [-0.4, -0.2) is 22.2 Å². The van der Waals surface area contributed by atoms with E-state index in [-0.39, 0.29) is 5.91 Å². The minimum atomic E-state index is 0.0373. The predicted octanol–water partition coefficient (Wildman–Crippen LogP) is 4.15. The van der Waals surface area contributed by atoms with Crippen molar-refractivity contribution in [1.29, 1.82) is 0 Å². The van der Waals surface area contributed by atoms with Gasteiger partial charge in [0, 0.05) is 23.7 Å². The molecular formula is C21H23N3OS. The van der Waals surface area contributed by atoms with E-state index in [1.165, 1.54) is 27.3 Å². The predicted molar refractivity (Wildman–Crippen MR) is 106 cm³/mol. The molecule has 0 unspecified atom stereocenters. The summed E-state index contributed by atoms with van der Waals surface area (Å²) in [4.78, 5) is 14.6. The number of aromatic nitrogens is 2. The maximum absolute atomic E-state index is 12.5. The van der Waals surface area contributed by atoms with Crippen molar-refractivity contribution in [1.82, 2.24) is 15.1 Å². The van der Waals surface area contributed by atoms with Crippen LogP contribution in [-0.2, 0) is 19.4 Å². The minimum Gasteiger partial charge on any atom is -0.351 e. The maximum Gasteiger partial charge on any atom is 0.261 e. The summed E-state index contributed by atoms with van der Waals surface area (Å²) < 4.78 is 2.00. The number of thiophene rings is 1. The standard InChI is InChI=1S/C21H23N3OS/c1-14-12-15(2)24(23-14)11-5-10-22-21(25)19-13-17-9-8-16-6-3-4-7-18(16)20(17)26-19/h3-4,6-7,12-13H,5,8-11H2,1-2H3,(H,22,25). The van der Waals surface area contributed by atoms with Crippen molar-refractivity contribution in [2.24, 2.45) is 0 Å². The monoisotopic (exact) mass is 365 g/mol. The van der Waals surface area contributed by atoms with E-state index in [9.17, 15) is 4.79 Å². The molecule has 1 aliphatic rings. The SMILES string of the molecule is Cc1cc(C)n(CCCNC(=O)c2cc3c(s2)-c2ccccc2CC3)n1. The summed E-state index contributed by atoms with van der Waals surface area (Å²) >= 11 is 1.62. The molecule has 2 aromatic heterocycles. The normalized spacial score (nSPS) is 12.5. The summed E-state index contributed by atoms with van der Waals surface area (Å²) in [6.07, 6.45) is 2.96. The fourth-order valence-electron chi connectivity index (χ4n) is 3.60. The van der Waals surface area contributed by atoms with Crippen molar-refractivity contribution in [3.05, 3.63) is 63.8 Å². The molecule has 0 radical (unpaired) electrons. The molecular weight excluding hydrogens is 342 g/mol. The van der Waals surface area contributed by atoms with Crippen LogP contribution >= 0.6 is 11.3 Å². The molecule has 4 rings (SSSR count). The summed E-state index contributed by atoms with van der Waals surface area (Å²) in [6.45, 7) is 5.55. The van der Waals surface area contributed by atoms with E-state index >= 15 is 0 Å². The van der Waals surface area contributed by atoms with Gasteiger partial charge in [0.15, 0.2) is 0 Å². The fourth-order valence-corrected chi connectivity index (χ4v) is 4.79. The van der Waals surface area contributed by atoms with Gasteiger partial charge in [0.25, 0.3) is 5.91 Å². The molecule has 0 saturated carbocycles. The number of nitrogens with zero attached hydrogens (tertiary/aromatic N) is 2. The maximum atomic E-state index is 12.5. The molecule has 0 fully saturated rings. The van der Waals surface area contributed by atoms with Gasteiger partial charge < -0.3 is 5.32 Å². The summed E-state index contributed by atoms with van der Waals surface area (Å²) in [5, 5.41) is 7.52. The van der Waals surface area contributed by atoms with Gasteiger partial charge >= 0.3 is 0 Å². The van der Waals surface area contributed by atoms with Crippen LogP contribution in [0.3, 0.4) is 0 Å². The third kappa shape index (κ3) is 3.31. The number of aryl methyl sites for hydroxylation is 5. The van der Waals surface area contributed by atoms with Gasteiger partial charge in [0.1, 0.15) is 0 Å². The van der Waals surface area contributed by atoms with Gasteiger partial charge in [0.2, 0.25) is 0 Å². The van der Waals surface area contributed by atoms with Crippen LogP contribution in [0.2, 0.25) is 0 Å². The van der Waals surface area contributed by atoms with Gasteiger partial charge in [-0.15, -0.1) is 11.3 Å². The Morgan fingerprint density at radius 3 is 2.81 bits per heavy atom. The molecule has 26 heavy (non-hydrogen) atoms. The average molecular weight is 366 g/mol. The molecule has 1 amide bonds. The van der Waals surface area contributed by atoms with E-state index < -0.39 is 0 Å². The Morgan fingerprint density at radius 2 is 2.00 bits per heavy atom. The van der Waals surface area contributed by atoms with Crippen molar-refractivity contribution in [2.45, 2.75) is 39.7 Å². The first kappa shape index (κ1) is 17.0. The van der Waals surface area contributed by atoms with E-state index in [0.717, 1.165) is 36.4 Å². The minimum absolute atomic E-state index is 0.0373. The Morgan fingerprint density at radius 1 is 1.19 bits per heavy atom. The van der Waals surface area contributed by atoms with Gasteiger partial charge in [-0.2, -0.15) is 5.10 Å². The lowest BCUT2D eigenvalue weighted by atomic mass is 9.91. The lowest BCUT2D eigenvalue weighted by Gasteiger charge is -2.15. The van der Waals surface area contributed by atoms with Crippen LogP contribution in [0.1, 0.15) is 38.6 Å². The van der Waals surface area contributed by atoms with Crippen LogP contribution in [0.4, 0.5) is 0 Å². The molecule has 1 aliphatic carbocycles. The van der Waals surface area contributed by atoms with E-state index in [1.807, 2.05) is 11.6 Å². The summed E-state index contributed by atoms with van der Waals surface area (Å²) in [7, 11) is 0. The number of carbonyl (C=O) groups excluding carboxylic acids is 1. The number of rotatable bonds is 5. The van der Waals surface area contributed by atoms with Crippen LogP contribution in [0.5, 0.6) is 0 Å². The van der Waals surface area contributed by atoms with Gasteiger partial charge in [0.05, 0.1) is 10.6 Å². The highest BCUT2D eigenvalue weighted by Gasteiger charge is 2.21. The highest BCUT2D eigenvalue weighted by molar-refractivity contribution is 7.17. The van der Waals surface area contributed by atoms with Gasteiger partial charge in [-0.3, -0.25) is 9.48 Å². The third-order valence-corrected chi connectivity index (χ3v) is 6.10. The first-order valence-corrected chi connectivity index (χ1v) is 9.94. The first-order valence-electron chi connectivity index (χ1n) is 9.12. The van der Waals surface area contributed by atoms with Crippen LogP contribution in [0.15, 0.2) is 36.4 Å². The molecule has 1 N–H and O–H groups in total. The Labute approximate surface area is 157 Å². The number of amides is 1. The number of hydrogen-bond donors (Lipinski definition) is 1. The summed E-state index contributed by atoms with van der Waals surface area (Å²) in [6, 6.07) is 12.7. The van der Waals surface area contributed by atoms with E-state index in [4.69, 9.17) is 0 Å². The number of fused-ring (bicyclic) bond motifs is 3. The Balaban J connectivity index is 1.38. The van der Waals surface area contributed by atoms with E-state index in [2.05, 4.69) is 53.7 Å². The second kappa shape index (κ2) is 7.08. The van der Waals surface area contributed by atoms with Gasteiger partial charge in [-0.1, -0.05) is 24.3 Å². The zero-order chi connectivity index (χ0) is 18.1. The smallest absolute Gasteiger partial charge is 0.261 e. The second-order valence-electron chi connectivity index (χ2n) is 6.88. The summed E-state index contributed by atoms with van der Waals surface area (Å²) in [5.41, 5.74) is 6.19. The van der Waals surface area contributed by atoms with E-state index in [1.54, 1.807) is 11.3 Å². The molecule has 1 aromatic carbocycles. The van der Waals surface area contributed by atoms with E-state index in [0.29, 0.717) is 6.54 Å². The van der Waals surface area contributed by atoms with Crippen LogP contribution in [0, 0.1) is 13.8 Å². The highest BCUT2D eigenvalue weighted by Crippen LogP contribution is 2.39. The molecule has 0 saturated heterocycles. The Bertz CT molecular complexity index is 954. The van der Waals surface area contributed by atoms with Crippen LogP contribution < -0.4 is 5.32 Å². The molecule has 3 aromatic rings. The Hall–Kier alpha value is -2.40. The molecule has 0 bridgehead atoms. The summed E-state index contributed by atoms with van der Waals surface area (Å²) in [5.74, 6) is 0.0373. The largest absolute Gasteiger partial charge is 0.351 e. The zero-order valence-electron chi connectivity index (χ0n) is 15.2. The fraction of sp³-hybridized carbons (Fsp3) is 0.333. The van der Waals surface area contributed by atoms with Gasteiger partial charge in [-0.05, 0) is 61.9 Å². The average Bonchev–Trinajstić information content (AvgIpc) is 3.21. The molecule has 0 aliphatic heterocycles. The number of carbonyl (C=O) groups is 1. The number of nitrogens with one attached hydrogen (secondary N) is 1. The highest BCUT2D eigenvalue weighted by atomic mass is 32.1. The van der Waals surface area contributed by atoms with Crippen molar-refractivity contribution < 1.29 is 4.79 Å². The molecule has 134 valence electrons. The number of hydrogen-bond acceptors (Lipinski definition) is 3. The zero-order valence-corrected chi connectivity index (χ0v) is 16.0. The molecule has 4 nitrogen and oxygen atoms in total. The molecule has 5 heteroatoms.